The van der Waals surface area contributed by atoms with Crippen LogP contribution in [0.25, 0.3) is 0 Å². The van der Waals surface area contributed by atoms with Crippen LogP contribution in [0.5, 0.6) is 0 Å². The molecule has 0 aliphatic heterocycles. The van der Waals surface area contributed by atoms with Gasteiger partial charge in [-0.1, -0.05) is 23.4 Å². The summed E-state index contributed by atoms with van der Waals surface area (Å²) in [6.07, 6.45) is 3.40. The van der Waals surface area contributed by atoms with Crippen molar-refractivity contribution in [2.45, 2.75) is 12.1 Å². The Balaban J connectivity index is 3.05. The molecule has 0 saturated carbocycles. The molecule has 86 valence electrons. The van der Waals surface area contributed by atoms with E-state index in [2.05, 4.69) is 15.0 Å². The number of aromatic nitrogens is 2. The molecule has 0 bridgehead atoms. The molecule has 1 aromatic heterocycles. The third-order valence-electron chi connectivity index (χ3n) is 1.46. The van der Waals surface area contributed by atoms with Gasteiger partial charge in [-0.3, -0.25) is 0 Å². The van der Waals surface area contributed by atoms with E-state index in [9.17, 15) is 0 Å². The van der Waals surface area contributed by atoms with E-state index in [1.54, 1.807) is 13.0 Å². The lowest BCUT2D eigenvalue weighted by Crippen LogP contribution is -2.10. The van der Waals surface area contributed by atoms with Crippen molar-refractivity contribution in [3.8, 4) is 0 Å². The fraction of sp³-hybridized carbons (Fsp3) is 0.222. The molecule has 0 aliphatic carbocycles. The summed E-state index contributed by atoms with van der Waals surface area (Å²) in [6, 6.07) is 1.54. The van der Waals surface area contributed by atoms with Crippen molar-refractivity contribution in [1.29, 1.82) is 0 Å². The van der Waals surface area contributed by atoms with Crippen molar-refractivity contribution >= 4 is 35.0 Å². The highest BCUT2D eigenvalue weighted by Crippen LogP contribution is 2.19. The van der Waals surface area contributed by atoms with Gasteiger partial charge in [-0.2, -0.15) is 0 Å². The number of nitrogens with two attached hydrogens (primary N) is 2. The molecule has 0 radical (unpaired) electrons. The lowest BCUT2D eigenvalue weighted by atomic mass is 10.4. The van der Waals surface area contributed by atoms with Crippen molar-refractivity contribution < 1.29 is 0 Å². The number of hydrogen-bond donors (Lipinski definition) is 2. The average Bonchev–Trinajstić information content (AvgIpc) is 2.14. The van der Waals surface area contributed by atoms with Crippen molar-refractivity contribution in [3.05, 3.63) is 23.0 Å². The fourth-order valence-corrected chi connectivity index (χ4v) is 1.53. The standard InChI is InChI=1S/C9H12ClN5S/c1-5(11)3-7(12)14-8-4-6(10)13-9(15-8)16-2/h3-4H,11H2,1-2H3,(H2,12,13,14,15). The molecule has 0 spiro atoms. The second-order valence-corrected chi connectivity index (χ2v) is 4.12. The first-order chi connectivity index (χ1) is 7.51. The van der Waals surface area contributed by atoms with Crippen LogP contribution in [0.2, 0.25) is 5.15 Å². The Labute approximate surface area is 103 Å². The van der Waals surface area contributed by atoms with Gasteiger partial charge in [0.25, 0.3) is 0 Å². The summed E-state index contributed by atoms with van der Waals surface area (Å²) in [5, 5.41) is 0.881. The van der Waals surface area contributed by atoms with Gasteiger partial charge in [0, 0.05) is 11.8 Å². The van der Waals surface area contributed by atoms with Gasteiger partial charge in [-0.05, 0) is 19.3 Å². The van der Waals surface area contributed by atoms with E-state index in [1.165, 1.54) is 17.8 Å². The number of nitrogens with zero attached hydrogens (tertiary/aromatic N) is 3. The maximum atomic E-state index is 5.80. The number of allylic oxidation sites excluding steroid dienone is 1. The summed E-state index contributed by atoms with van der Waals surface area (Å²) in [5.74, 6) is 0.696. The third kappa shape index (κ3) is 4.08. The summed E-state index contributed by atoms with van der Waals surface area (Å²) in [6.45, 7) is 1.72. The van der Waals surface area contributed by atoms with Crippen LogP contribution in [0, 0.1) is 0 Å². The van der Waals surface area contributed by atoms with Crippen LogP contribution >= 0.6 is 23.4 Å². The van der Waals surface area contributed by atoms with Gasteiger partial charge < -0.3 is 11.5 Å². The van der Waals surface area contributed by atoms with E-state index in [0.717, 1.165) is 0 Å². The Morgan fingerprint density at radius 3 is 2.75 bits per heavy atom. The van der Waals surface area contributed by atoms with Crippen LogP contribution in [0.15, 0.2) is 28.0 Å². The van der Waals surface area contributed by atoms with Crippen LogP contribution in [0.3, 0.4) is 0 Å². The Bertz CT molecular complexity index is 440. The maximum Gasteiger partial charge on any atom is 0.190 e. The molecule has 0 atom stereocenters. The fourth-order valence-electron chi connectivity index (χ4n) is 0.932. The largest absolute Gasteiger partial charge is 0.402 e. The molecule has 1 heterocycles. The first kappa shape index (κ1) is 12.8. The minimum atomic E-state index is 0.279. The van der Waals surface area contributed by atoms with Gasteiger partial charge in [-0.15, -0.1) is 0 Å². The molecule has 0 saturated heterocycles. The zero-order valence-corrected chi connectivity index (χ0v) is 10.5. The Kier molecular flexibility index (Phi) is 4.57. The molecule has 1 rings (SSSR count). The summed E-state index contributed by atoms with van der Waals surface area (Å²) < 4.78 is 0. The first-order valence-electron chi connectivity index (χ1n) is 4.38. The van der Waals surface area contributed by atoms with E-state index in [4.69, 9.17) is 23.1 Å². The first-order valence-corrected chi connectivity index (χ1v) is 5.98. The van der Waals surface area contributed by atoms with Crippen LogP contribution in [-0.2, 0) is 0 Å². The zero-order valence-electron chi connectivity index (χ0n) is 8.94. The molecule has 1 aromatic rings. The molecule has 0 amide bonds. The summed E-state index contributed by atoms with van der Waals surface area (Å²) in [7, 11) is 0. The molecule has 0 aromatic carbocycles. The van der Waals surface area contributed by atoms with E-state index in [1.807, 2.05) is 6.26 Å². The van der Waals surface area contributed by atoms with Crippen molar-refractivity contribution in [2.24, 2.45) is 16.5 Å². The van der Waals surface area contributed by atoms with E-state index >= 15 is 0 Å². The maximum absolute atomic E-state index is 5.80. The molecular weight excluding hydrogens is 246 g/mol. The normalized spacial score (nSPS) is 12.9. The SMILES string of the molecule is CSc1nc(Cl)cc(N=C(N)C=C(C)N)n1. The lowest BCUT2D eigenvalue weighted by Gasteiger charge is -1.99. The van der Waals surface area contributed by atoms with Gasteiger partial charge in [-0.25, -0.2) is 15.0 Å². The number of rotatable bonds is 3. The monoisotopic (exact) mass is 257 g/mol. The molecule has 5 nitrogen and oxygen atoms in total. The second-order valence-electron chi connectivity index (χ2n) is 2.96. The minimum absolute atomic E-state index is 0.279. The van der Waals surface area contributed by atoms with Gasteiger partial charge in [0.2, 0.25) is 0 Å². The number of aliphatic imine (C=N–C) groups is 1. The van der Waals surface area contributed by atoms with Gasteiger partial charge in [0.05, 0.1) is 0 Å². The van der Waals surface area contributed by atoms with Gasteiger partial charge in [0.1, 0.15) is 11.0 Å². The van der Waals surface area contributed by atoms with E-state index in [-0.39, 0.29) is 5.84 Å². The predicted molar refractivity (Wildman–Crippen MR) is 68.0 cm³/mol. The minimum Gasteiger partial charge on any atom is -0.402 e. The molecule has 0 fully saturated rings. The summed E-state index contributed by atoms with van der Waals surface area (Å²) in [5.41, 5.74) is 11.7. The number of amidine groups is 1. The Morgan fingerprint density at radius 2 is 2.19 bits per heavy atom. The summed E-state index contributed by atoms with van der Waals surface area (Å²) >= 11 is 7.18. The highest BCUT2D eigenvalue weighted by atomic mass is 35.5. The van der Waals surface area contributed by atoms with Crippen LogP contribution in [0.4, 0.5) is 5.82 Å². The molecule has 4 N–H and O–H groups in total. The number of thioether (sulfide) groups is 1. The molecule has 0 aliphatic rings. The molecule has 16 heavy (non-hydrogen) atoms. The van der Waals surface area contributed by atoms with E-state index in [0.29, 0.717) is 21.8 Å². The Morgan fingerprint density at radius 1 is 1.50 bits per heavy atom. The van der Waals surface area contributed by atoms with E-state index < -0.39 is 0 Å². The highest BCUT2D eigenvalue weighted by molar-refractivity contribution is 7.98. The van der Waals surface area contributed by atoms with Crippen LogP contribution in [-0.4, -0.2) is 22.1 Å². The number of halogens is 1. The summed E-state index contributed by atoms with van der Waals surface area (Å²) in [4.78, 5) is 12.2. The van der Waals surface area contributed by atoms with Crippen molar-refractivity contribution in [2.75, 3.05) is 6.26 Å². The van der Waals surface area contributed by atoms with Crippen LogP contribution in [0.1, 0.15) is 6.92 Å². The van der Waals surface area contributed by atoms with Gasteiger partial charge in [0.15, 0.2) is 11.0 Å². The predicted octanol–water partition coefficient (Wildman–Crippen LogP) is 1.70. The van der Waals surface area contributed by atoms with Crippen LogP contribution < -0.4 is 11.5 Å². The topological polar surface area (TPSA) is 90.2 Å². The molecular formula is C9H12ClN5S. The highest BCUT2D eigenvalue weighted by Gasteiger charge is 2.01. The Hall–Kier alpha value is -1.27. The van der Waals surface area contributed by atoms with Gasteiger partial charge >= 0.3 is 0 Å². The lowest BCUT2D eigenvalue weighted by molar-refractivity contribution is 0.967. The second kappa shape index (κ2) is 5.72. The number of hydrogen-bond acceptors (Lipinski definition) is 5. The molecule has 0 unspecified atom stereocenters. The molecule has 7 heteroatoms. The zero-order chi connectivity index (χ0) is 12.1. The van der Waals surface area contributed by atoms with Crippen molar-refractivity contribution in [1.82, 2.24) is 9.97 Å². The third-order valence-corrected chi connectivity index (χ3v) is 2.20. The smallest absolute Gasteiger partial charge is 0.190 e. The quantitative estimate of drug-likeness (QED) is 0.283. The average molecular weight is 258 g/mol. The van der Waals surface area contributed by atoms with Crippen molar-refractivity contribution in [3.63, 3.8) is 0 Å².